The maximum absolute atomic E-state index is 4.17. The van der Waals surface area contributed by atoms with Crippen LogP contribution in [0.15, 0.2) is 36.7 Å². The second-order valence-electron chi connectivity index (χ2n) is 4.16. The Morgan fingerprint density at radius 3 is 2.67 bits per heavy atom. The predicted octanol–water partition coefficient (Wildman–Crippen LogP) is 2.09. The van der Waals surface area contributed by atoms with Crippen molar-refractivity contribution in [3.05, 3.63) is 48.0 Å². The number of hydrogen-bond donors (Lipinski definition) is 0. The van der Waals surface area contributed by atoms with Gasteiger partial charge in [-0.25, -0.2) is 0 Å². The largest absolute Gasteiger partial charge is 0.320 e. The molecule has 2 atom stereocenters. The second-order valence-corrected chi connectivity index (χ2v) is 4.16. The molecule has 0 saturated heterocycles. The lowest BCUT2D eigenvalue weighted by Gasteiger charge is -1.99. The highest BCUT2D eigenvalue weighted by Gasteiger charge is 2.42. The topological polar surface area (TPSA) is 30.7 Å². The van der Waals surface area contributed by atoms with Crippen LogP contribution in [0.5, 0.6) is 0 Å². The van der Waals surface area contributed by atoms with Gasteiger partial charge in [0.1, 0.15) is 12.2 Å². The van der Waals surface area contributed by atoms with Crippen LogP contribution in [-0.4, -0.2) is 14.8 Å². The van der Waals surface area contributed by atoms with E-state index in [4.69, 9.17) is 0 Å². The van der Waals surface area contributed by atoms with E-state index in [1.807, 2.05) is 11.6 Å². The zero-order chi connectivity index (χ0) is 10.3. The van der Waals surface area contributed by atoms with Crippen molar-refractivity contribution in [3.63, 3.8) is 0 Å². The van der Waals surface area contributed by atoms with E-state index in [9.17, 15) is 0 Å². The van der Waals surface area contributed by atoms with E-state index in [2.05, 4.69) is 40.5 Å². The van der Waals surface area contributed by atoms with Gasteiger partial charge >= 0.3 is 0 Å². The molecule has 0 amide bonds. The van der Waals surface area contributed by atoms with Crippen LogP contribution in [0.25, 0.3) is 0 Å². The summed E-state index contributed by atoms with van der Waals surface area (Å²) in [6.45, 7) is 0. The van der Waals surface area contributed by atoms with Crippen molar-refractivity contribution in [2.24, 2.45) is 7.05 Å². The molecule has 3 heteroatoms. The number of aromatic nitrogens is 3. The average molecular weight is 199 g/mol. The normalized spacial score (nSPS) is 24.1. The van der Waals surface area contributed by atoms with Gasteiger partial charge in [-0.05, 0) is 17.9 Å². The van der Waals surface area contributed by atoms with Gasteiger partial charge in [0.05, 0.1) is 0 Å². The predicted molar refractivity (Wildman–Crippen MR) is 57.5 cm³/mol. The summed E-state index contributed by atoms with van der Waals surface area (Å²) in [6.07, 6.45) is 2.98. The van der Waals surface area contributed by atoms with Gasteiger partial charge in [-0.2, -0.15) is 0 Å². The summed E-state index contributed by atoms with van der Waals surface area (Å²) in [7, 11) is 2.01. The van der Waals surface area contributed by atoms with Crippen LogP contribution in [0.1, 0.15) is 29.6 Å². The molecular weight excluding hydrogens is 186 g/mol. The first-order valence-corrected chi connectivity index (χ1v) is 5.25. The molecule has 3 rings (SSSR count). The molecule has 2 unspecified atom stereocenters. The molecule has 0 aliphatic heterocycles. The van der Waals surface area contributed by atoms with Crippen molar-refractivity contribution < 1.29 is 0 Å². The monoisotopic (exact) mass is 199 g/mol. The Morgan fingerprint density at radius 1 is 1.20 bits per heavy atom. The Balaban J connectivity index is 1.83. The van der Waals surface area contributed by atoms with Gasteiger partial charge in [0.25, 0.3) is 0 Å². The molecular formula is C12H13N3. The Labute approximate surface area is 88.8 Å². The van der Waals surface area contributed by atoms with E-state index >= 15 is 0 Å². The molecule has 2 aromatic rings. The Hall–Kier alpha value is -1.64. The first-order chi connectivity index (χ1) is 7.36. The Bertz CT molecular complexity index is 461. The summed E-state index contributed by atoms with van der Waals surface area (Å²) in [5, 5.41) is 8.09. The van der Waals surface area contributed by atoms with E-state index in [1.54, 1.807) is 6.33 Å². The van der Waals surface area contributed by atoms with Crippen molar-refractivity contribution in [2.45, 2.75) is 18.3 Å². The molecule has 0 N–H and O–H groups in total. The SMILES string of the molecule is Cn1cnnc1C1CC1c1ccccc1. The molecule has 1 saturated carbocycles. The summed E-state index contributed by atoms with van der Waals surface area (Å²) in [4.78, 5) is 0. The highest BCUT2D eigenvalue weighted by Crippen LogP contribution is 2.53. The molecule has 76 valence electrons. The van der Waals surface area contributed by atoms with Crippen molar-refractivity contribution in [1.29, 1.82) is 0 Å². The molecule has 1 aliphatic carbocycles. The Morgan fingerprint density at radius 2 is 2.00 bits per heavy atom. The van der Waals surface area contributed by atoms with Gasteiger partial charge in [0.2, 0.25) is 0 Å². The lowest BCUT2D eigenvalue weighted by molar-refractivity contribution is 0.785. The summed E-state index contributed by atoms with van der Waals surface area (Å²) in [6, 6.07) is 10.6. The standard InChI is InChI=1S/C12H13N3/c1-15-8-13-14-12(15)11-7-10(11)9-5-3-2-4-6-9/h2-6,8,10-11H,7H2,1H3. The van der Waals surface area contributed by atoms with Crippen LogP contribution in [-0.2, 0) is 7.05 Å². The van der Waals surface area contributed by atoms with Crippen molar-refractivity contribution in [3.8, 4) is 0 Å². The number of rotatable bonds is 2. The van der Waals surface area contributed by atoms with E-state index in [0.717, 1.165) is 5.82 Å². The minimum atomic E-state index is 0.569. The summed E-state index contributed by atoms with van der Waals surface area (Å²) in [5.74, 6) is 2.33. The zero-order valence-corrected chi connectivity index (χ0v) is 8.67. The van der Waals surface area contributed by atoms with Gasteiger partial charge in [-0.15, -0.1) is 10.2 Å². The lowest BCUT2D eigenvalue weighted by atomic mass is 10.1. The minimum Gasteiger partial charge on any atom is -0.320 e. The third-order valence-corrected chi connectivity index (χ3v) is 3.10. The zero-order valence-electron chi connectivity index (χ0n) is 8.67. The molecule has 0 spiro atoms. The first kappa shape index (κ1) is 8.65. The molecule has 15 heavy (non-hydrogen) atoms. The molecule has 1 aromatic carbocycles. The van der Waals surface area contributed by atoms with Gasteiger partial charge in [-0.3, -0.25) is 0 Å². The second kappa shape index (κ2) is 3.19. The molecule has 0 radical (unpaired) electrons. The number of nitrogens with zero attached hydrogens (tertiary/aromatic N) is 3. The van der Waals surface area contributed by atoms with Gasteiger partial charge < -0.3 is 4.57 Å². The first-order valence-electron chi connectivity index (χ1n) is 5.25. The highest BCUT2D eigenvalue weighted by molar-refractivity contribution is 5.31. The maximum Gasteiger partial charge on any atom is 0.136 e. The van der Waals surface area contributed by atoms with Crippen LogP contribution in [0.4, 0.5) is 0 Å². The third-order valence-electron chi connectivity index (χ3n) is 3.10. The minimum absolute atomic E-state index is 0.569. The average Bonchev–Trinajstić information content (AvgIpc) is 2.96. The smallest absolute Gasteiger partial charge is 0.136 e. The summed E-state index contributed by atoms with van der Waals surface area (Å²) >= 11 is 0. The fraction of sp³-hybridized carbons (Fsp3) is 0.333. The van der Waals surface area contributed by atoms with Crippen LogP contribution in [0.3, 0.4) is 0 Å². The lowest BCUT2D eigenvalue weighted by Crippen LogP contribution is -1.95. The summed E-state index contributed by atoms with van der Waals surface area (Å²) < 4.78 is 2.02. The number of benzene rings is 1. The third kappa shape index (κ3) is 1.44. The molecule has 0 bridgehead atoms. The number of aryl methyl sites for hydroxylation is 1. The van der Waals surface area contributed by atoms with Crippen molar-refractivity contribution in [1.82, 2.24) is 14.8 Å². The molecule has 3 nitrogen and oxygen atoms in total. The quantitative estimate of drug-likeness (QED) is 0.741. The summed E-state index contributed by atoms with van der Waals surface area (Å²) in [5.41, 5.74) is 1.42. The number of hydrogen-bond acceptors (Lipinski definition) is 2. The van der Waals surface area contributed by atoms with Gasteiger partial charge in [0, 0.05) is 13.0 Å². The van der Waals surface area contributed by atoms with E-state index < -0.39 is 0 Å². The van der Waals surface area contributed by atoms with Crippen LogP contribution in [0, 0.1) is 0 Å². The fourth-order valence-corrected chi connectivity index (χ4v) is 2.18. The maximum atomic E-state index is 4.17. The molecule has 1 aromatic heterocycles. The van der Waals surface area contributed by atoms with Crippen LogP contribution >= 0.6 is 0 Å². The van der Waals surface area contributed by atoms with E-state index in [1.165, 1.54) is 12.0 Å². The van der Waals surface area contributed by atoms with Crippen molar-refractivity contribution in [2.75, 3.05) is 0 Å². The van der Waals surface area contributed by atoms with E-state index in [0.29, 0.717) is 11.8 Å². The van der Waals surface area contributed by atoms with Crippen LogP contribution in [0.2, 0.25) is 0 Å². The van der Waals surface area contributed by atoms with Gasteiger partial charge in [0.15, 0.2) is 0 Å². The van der Waals surface area contributed by atoms with E-state index in [-0.39, 0.29) is 0 Å². The molecule has 1 aliphatic rings. The van der Waals surface area contributed by atoms with Crippen LogP contribution < -0.4 is 0 Å². The molecule has 1 fully saturated rings. The van der Waals surface area contributed by atoms with Gasteiger partial charge in [-0.1, -0.05) is 30.3 Å². The highest BCUT2D eigenvalue weighted by atomic mass is 15.3. The molecule has 1 heterocycles. The Kier molecular flexibility index (Phi) is 1.84. The van der Waals surface area contributed by atoms with Crippen molar-refractivity contribution >= 4 is 0 Å². The fourth-order valence-electron chi connectivity index (χ4n) is 2.18.